The molecule has 100 valence electrons. The lowest BCUT2D eigenvalue weighted by molar-refractivity contribution is 0.142. The number of rotatable bonds is 2. The first-order valence-corrected chi connectivity index (χ1v) is 6.32. The van der Waals surface area contributed by atoms with E-state index in [1.807, 2.05) is 30.3 Å². The van der Waals surface area contributed by atoms with Crippen molar-refractivity contribution in [2.24, 2.45) is 0 Å². The molecule has 0 amide bonds. The Kier molecular flexibility index (Phi) is 3.35. The molecule has 0 saturated carbocycles. The van der Waals surface area contributed by atoms with E-state index in [0.29, 0.717) is 16.2 Å². The molecular formula is C14H10ClN3O2. The van der Waals surface area contributed by atoms with E-state index in [1.54, 1.807) is 12.3 Å². The van der Waals surface area contributed by atoms with Crippen molar-refractivity contribution >= 4 is 28.7 Å². The molecule has 0 aliphatic carbocycles. The maximum absolute atomic E-state index is 12.0. The highest BCUT2D eigenvalue weighted by Crippen LogP contribution is 2.20. The van der Waals surface area contributed by atoms with Gasteiger partial charge in [0.05, 0.1) is 5.39 Å². The predicted molar refractivity (Wildman–Crippen MR) is 74.6 cm³/mol. The van der Waals surface area contributed by atoms with Crippen molar-refractivity contribution in [3.8, 4) is 0 Å². The summed E-state index contributed by atoms with van der Waals surface area (Å²) in [6, 6.07) is 11.1. The summed E-state index contributed by atoms with van der Waals surface area (Å²) in [5, 5.41) is 0.926. The Morgan fingerprint density at radius 3 is 2.80 bits per heavy atom. The van der Waals surface area contributed by atoms with Gasteiger partial charge in [-0.05, 0) is 11.6 Å². The molecule has 0 aliphatic heterocycles. The summed E-state index contributed by atoms with van der Waals surface area (Å²) in [5.41, 5.74) is 1.35. The van der Waals surface area contributed by atoms with E-state index < -0.39 is 6.09 Å². The lowest BCUT2D eigenvalue weighted by Crippen LogP contribution is -2.13. The molecule has 1 aromatic carbocycles. The lowest BCUT2D eigenvalue weighted by Gasteiger charge is -2.06. The van der Waals surface area contributed by atoms with Crippen LogP contribution in [0.2, 0.25) is 5.15 Å². The van der Waals surface area contributed by atoms with Crippen molar-refractivity contribution < 1.29 is 9.53 Å². The van der Waals surface area contributed by atoms with Crippen LogP contribution in [-0.2, 0) is 11.3 Å². The molecule has 2 aromatic heterocycles. The molecule has 0 bridgehead atoms. The Morgan fingerprint density at radius 2 is 2.00 bits per heavy atom. The van der Waals surface area contributed by atoms with E-state index in [4.69, 9.17) is 16.3 Å². The fourth-order valence-corrected chi connectivity index (χ4v) is 2.05. The summed E-state index contributed by atoms with van der Waals surface area (Å²) in [4.78, 5) is 19.9. The maximum Gasteiger partial charge on any atom is 0.420 e. The van der Waals surface area contributed by atoms with Crippen molar-refractivity contribution in [3.63, 3.8) is 0 Å². The van der Waals surface area contributed by atoms with Crippen molar-refractivity contribution in [1.29, 1.82) is 0 Å². The lowest BCUT2D eigenvalue weighted by atomic mass is 10.2. The van der Waals surface area contributed by atoms with E-state index in [-0.39, 0.29) is 6.61 Å². The normalized spacial score (nSPS) is 10.7. The number of carbonyl (C=O) groups is 1. The average Bonchev–Trinajstić information content (AvgIpc) is 2.91. The summed E-state index contributed by atoms with van der Waals surface area (Å²) in [6.07, 6.45) is 2.38. The number of benzene rings is 1. The molecule has 0 radical (unpaired) electrons. The zero-order valence-electron chi connectivity index (χ0n) is 10.4. The zero-order chi connectivity index (χ0) is 13.9. The van der Waals surface area contributed by atoms with E-state index >= 15 is 0 Å². The summed E-state index contributed by atoms with van der Waals surface area (Å²) >= 11 is 5.93. The van der Waals surface area contributed by atoms with E-state index in [0.717, 1.165) is 5.56 Å². The molecule has 0 saturated heterocycles. The monoisotopic (exact) mass is 287 g/mol. The number of halogens is 1. The molecule has 3 aromatic rings. The molecule has 0 N–H and O–H groups in total. The second-order valence-electron chi connectivity index (χ2n) is 4.13. The minimum atomic E-state index is -0.501. The number of carbonyl (C=O) groups excluding carboxylic acids is 1. The Labute approximate surface area is 119 Å². The number of aromatic nitrogens is 3. The van der Waals surface area contributed by atoms with Gasteiger partial charge in [0, 0.05) is 6.20 Å². The van der Waals surface area contributed by atoms with Crippen LogP contribution in [0.4, 0.5) is 4.79 Å². The second-order valence-corrected chi connectivity index (χ2v) is 4.49. The molecule has 2 heterocycles. The van der Waals surface area contributed by atoms with E-state index in [2.05, 4.69) is 9.97 Å². The minimum absolute atomic E-state index is 0.207. The van der Waals surface area contributed by atoms with Gasteiger partial charge in [-0.25, -0.2) is 19.3 Å². The SMILES string of the molecule is O=C(OCc1ccccc1)n1ccc2c(Cl)ncnc21. The van der Waals surface area contributed by atoms with Crippen LogP contribution in [0.3, 0.4) is 0 Å². The Hall–Kier alpha value is -2.40. The number of nitrogens with zero attached hydrogens (tertiary/aromatic N) is 3. The first-order chi connectivity index (χ1) is 9.75. The highest BCUT2D eigenvalue weighted by molar-refractivity contribution is 6.34. The number of hydrogen-bond acceptors (Lipinski definition) is 4. The summed E-state index contributed by atoms with van der Waals surface area (Å²) in [5.74, 6) is 0. The average molecular weight is 288 g/mol. The molecule has 0 unspecified atom stereocenters. The van der Waals surface area contributed by atoms with Crippen LogP contribution in [0, 0.1) is 0 Å². The van der Waals surface area contributed by atoms with Gasteiger partial charge in [-0.2, -0.15) is 0 Å². The molecule has 3 rings (SSSR count). The molecule has 0 atom stereocenters. The van der Waals surface area contributed by atoms with Crippen molar-refractivity contribution in [2.45, 2.75) is 6.61 Å². The summed E-state index contributed by atoms with van der Waals surface area (Å²) in [6.45, 7) is 0.207. The van der Waals surface area contributed by atoms with Crippen LogP contribution < -0.4 is 0 Å². The molecule has 0 spiro atoms. The van der Waals surface area contributed by atoms with Crippen LogP contribution in [-0.4, -0.2) is 20.6 Å². The fourth-order valence-electron chi connectivity index (χ4n) is 1.86. The third-order valence-corrected chi connectivity index (χ3v) is 3.14. The van der Waals surface area contributed by atoms with E-state index in [1.165, 1.54) is 10.9 Å². The minimum Gasteiger partial charge on any atom is -0.444 e. The van der Waals surface area contributed by atoms with Gasteiger partial charge < -0.3 is 4.74 Å². The van der Waals surface area contributed by atoms with E-state index in [9.17, 15) is 4.79 Å². The van der Waals surface area contributed by atoms with Crippen molar-refractivity contribution in [1.82, 2.24) is 14.5 Å². The van der Waals surface area contributed by atoms with Crippen LogP contribution in [0.15, 0.2) is 48.9 Å². The molecule has 20 heavy (non-hydrogen) atoms. The maximum atomic E-state index is 12.0. The number of ether oxygens (including phenoxy) is 1. The van der Waals surface area contributed by atoms with Gasteiger partial charge >= 0.3 is 6.09 Å². The van der Waals surface area contributed by atoms with Crippen LogP contribution in [0.5, 0.6) is 0 Å². The highest BCUT2D eigenvalue weighted by atomic mass is 35.5. The third-order valence-electron chi connectivity index (χ3n) is 2.83. The number of fused-ring (bicyclic) bond motifs is 1. The second kappa shape index (κ2) is 5.30. The van der Waals surface area contributed by atoms with Crippen molar-refractivity contribution in [3.05, 3.63) is 59.6 Å². The predicted octanol–water partition coefficient (Wildman–Crippen LogP) is 3.27. The third kappa shape index (κ3) is 2.35. The Morgan fingerprint density at radius 1 is 1.20 bits per heavy atom. The van der Waals surface area contributed by atoms with Gasteiger partial charge in [0.25, 0.3) is 0 Å². The van der Waals surface area contributed by atoms with Gasteiger partial charge in [-0.15, -0.1) is 0 Å². The molecule has 6 heteroatoms. The summed E-state index contributed by atoms with van der Waals surface area (Å²) < 4.78 is 6.55. The van der Waals surface area contributed by atoms with Crippen LogP contribution >= 0.6 is 11.6 Å². The standard InChI is InChI=1S/C14H10ClN3O2/c15-12-11-6-7-18(13(11)17-9-16-12)14(19)20-8-10-4-2-1-3-5-10/h1-7,9H,8H2. The van der Waals surface area contributed by atoms with Gasteiger partial charge in [0.2, 0.25) is 0 Å². The van der Waals surface area contributed by atoms with Gasteiger partial charge in [-0.1, -0.05) is 41.9 Å². The number of hydrogen-bond donors (Lipinski definition) is 0. The summed E-state index contributed by atoms with van der Waals surface area (Å²) in [7, 11) is 0. The molecular weight excluding hydrogens is 278 g/mol. The largest absolute Gasteiger partial charge is 0.444 e. The van der Waals surface area contributed by atoms with Crippen LogP contribution in [0.1, 0.15) is 5.56 Å². The topological polar surface area (TPSA) is 57.0 Å². The smallest absolute Gasteiger partial charge is 0.420 e. The van der Waals surface area contributed by atoms with Gasteiger partial charge in [0.15, 0.2) is 5.65 Å². The molecule has 0 fully saturated rings. The first-order valence-electron chi connectivity index (χ1n) is 5.94. The van der Waals surface area contributed by atoms with Gasteiger partial charge in [-0.3, -0.25) is 0 Å². The quantitative estimate of drug-likeness (QED) is 0.679. The van der Waals surface area contributed by atoms with Crippen LogP contribution in [0.25, 0.3) is 11.0 Å². The highest BCUT2D eigenvalue weighted by Gasteiger charge is 2.13. The first kappa shape index (κ1) is 12.6. The zero-order valence-corrected chi connectivity index (χ0v) is 11.1. The van der Waals surface area contributed by atoms with Gasteiger partial charge in [0.1, 0.15) is 18.1 Å². The fraction of sp³-hybridized carbons (Fsp3) is 0.0714. The molecule has 0 aliphatic rings. The Balaban J connectivity index is 1.81. The Bertz CT molecular complexity index is 755. The van der Waals surface area contributed by atoms with Crippen molar-refractivity contribution in [2.75, 3.05) is 0 Å². The molecule has 5 nitrogen and oxygen atoms in total.